The van der Waals surface area contributed by atoms with Crippen molar-refractivity contribution >= 4 is 33.4 Å². The number of aromatic nitrogens is 1. The van der Waals surface area contributed by atoms with Crippen molar-refractivity contribution in [2.45, 2.75) is 13.1 Å². The molecule has 0 aliphatic rings. The second-order valence-corrected chi connectivity index (χ2v) is 6.36. The Labute approximate surface area is 156 Å². The number of hydrogen-bond donors (Lipinski definition) is 1. The maximum absolute atomic E-state index is 12.4. The van der Waals surface area contributed by atoms with Gasteiger partial charge in [-0.1, -0.05) is 34.1 Å². The third-order valence-electron chi connectivity index (χ3n) is 3.64. The molecule has 0 aliphatic heterocycles. The first kappa shape index (κ1) is 19.3. The van der Waals surface area contributed by atoms with Gasteiger partial charge in [-0.2, -0.15) is 0 Å². The summed E-state index contributed by atoms with van der Waals surface area (Å²) < 4.78 is 1.64. The highest BCUT2D eigenvalue weighted by Crippen LogP contribution is 2.17. The predicted molar refractivity (Wildman–Crippen MR) is 96.5 cm³/mol. The van der Waals surface area contributed by atoms with Crippen molar-refractivity contribution in [2.75, 3.05) is 7.05 Å². The van der Waals surface area contributed by atoms with Crippen LogP contribution in [0.1, 0.15) is 15.9 Å². The van der Waals surface area contributed by atoms with E-state index in [0.29, 0.717) is 0 Å². The highest BCUT2D eigenvalue weighted by molar-refractivity contribution is 9.10. The van der Waals surface area contributed by atoms with Crippen LogP contribution < -0.4 is 11.3 Å². The van der Waals surface area contributed by atoms with Gasteiger partial charge >= 0.3 is 0 Å². The van der Waals surface area contributed by atoms with Crippen LogP contribution in [0.15, 0.2) is 45.8 Å². The monoisotopic (exact) mass is 422 g/mol. The summed E-state index contributed by atoms with van der Waals surface area (Å²) >= 11 is 3.38. The number of benzene rings is 1. The highest BCUT2D eigenvalue weighted by Gasteiger charge is 2.20. The minimum atomic E-state index is -1.10. The van der Waals surface area contributed by atoms with Gasteiger partial charge in [-0.3, -0.25) is 29.1 Å². The summed E-state index contributed by atoms with van der Waals surface area (Å²) in [6.45, 7) is -0.186. The second-order valence-electron chi connectivity index (χ2n) is 5.51. The molecule has 136 valence electrons. The second kappa shape index (κ2) is 7.91. The van der Waals surface area contributed by atoms with Gasteiger partial charge in [0, 0.05) is 24.1 Å². The molecule has 0 bridgehead atoms. The van der Waals surface area contributed by atoms with Crippen molar-refractivity contribution in [2.24, 2.45) is 5.73 Å². The summed E-state index contributed by atoms with van der Waals surface area (Å²) in [4.78, 5) is 47.5. The molecule has 2 aromatic rings. The van der Waals surface area contributed by atoms with Gasteiger partial charge in [-0.15, -0.1) is 0 Å². The van der Waals surface area contributed by atoms with Crippen molar-refractivity contribution in [3.8, 4) is 0 Å². The smallest absolute Gasteiger partial charge is 0.286 e. The van der Waals surface area contributed by atoms with Crippen molar-refractivity contribution < 1.29 is 14.5 Å². The Morgan fingerprint density at radius 1 is 1.35 bits per heavy atom. The topological polar surface area (TPSA) is 129 Å². The van der Waals surface area contributed by atoms with Crippen molar-refractivity contribution in [3.63, 3.8) is 0 Å². The number of likely N-dealkylation sites (N-methyl/N-ethyl adjacent to an activating group) is 1. The molecule has 1 aromatic heterocycles. The molecule has 0 saturated heterocycles. The van der Waals surface area contributed by atoms with E-state index in [9.17, 15) is 24.5 Å². The Morgan fingerprint density at radius 2 is 2.00 bits per heavy atom. The normalized spacial score (nSPS) is 10.4. The summed E-state index contributed by atoms with van der Waals surface area (Å²) in [5.41, 5.74) is 4.04. The maximum Gasteiger partial charge on any atom is 0.286 e. The Kier molecular flexibility index (Phi) is 5.88. The number of nitro groups is 1. The molecule has 0 spiro atoms. The van der Waals surface area contributed by atoms with Gasteiger partial charge in [0.05, 0.1) is 11.1 Å². The van der Waals surface area contributed by atoms with E-state index in [-0.39, 0.29) is 6.54 Å². The Hall–Kier alpha value is -3.01. The molecule has 2 amide bonds. The standard InChI is InChI=1S/C16H15BrN4O5/c1-19(7-10-4-2-3-5-13(10)17)14(22)9-20-8-11(21(25)26)6-12(15(18)23)16(20)24/h2-6,8H,7,9H2,1H3,(H2,18,23). The lowest BCUT2D eigenvalue weighted by molar-refractivity contribution is -0.385. The van der Waals surface area contributed by atoms with Crippen LogP contribution in [0.4, 0.5) is 5.69 Å². The zero-order chi connectivity index (χ0) is 19.4. The molecule has 0 saturated carbocycles. The summed E-state index contributed by atoms with van der Waals surface area (Å²) in [7, 11) is 1.54. The third kappa shape index (κ3) is 4.33. The molecular weight excluding hydrogens is 408 g/mol. The molecule has 1 heterocycles. The number of pyridine rings is 1. The summed E-state index contributed by atoms with van der Waals surface area (Å²) in [5, 5.41) is 11.0. The first-order chi connectivity index (χ1) is 12.2. The van der Waals surface area contributed by atoms with E-state index in [4.69, 9.17) is 5.73 Å². The maximum atomic E-state index is 12.4. The predicted octanol–water partition coefficient (Wildman–Crippen LogP) is 1.28. The van der Waals surface area contributed by atoms with E-state index >= 15 is 0 Å². The van der Waals surface area contributed by atoms with Gasteiger partial charge in [0.25, 0.3) is 17.2 Å². The Bertz CT molecular complexity index is 940. The fourth-order valence-corrected chi connectivity index (χ4v) is 2.66. The van der Waals surface area contributed by atoms with E-state index in [1.54, 1.807) is 7.05 Å². The fraction of sp³-hybridized carbons (Fsp3) is 0.188. The van der Waals surface area contributed by atoms with Gasteiger partial charge in [0.1, 0.15) is 12.1 Å². The van der Waals surface area contributed by atoms with Crippen LogP contribution in [0.5, 0.6) is 0 Å². The molecule has 2 rings (SSSR count). The fourth-order valence-electron chi connectivity index (χ4n) is 2.25. The first-order valence-electron chi connectivity index (χ1n) is 7.36. The number of rotatable bonds is 6. The number of carbonyl (C=O) groups is 2. The van der Waals surface area contributed by atoms with Gasteiger partial charge < -0.3 is 10.6 Å². The number of halogens is 1. The molecule has 2 N–H and O–H groups in total. The Morgan fingerprint density at radius 3 is 2.58 bits per heavy atom. The first-order valence-corrected chi connectivity index (χ1v) is 8.16. The van der Waals surface area contributed by atoms with Crippen molar-refractivity contribution in [3.05, 3.63) is 72.6 Å². The molecule has 0 atom stereocenters. The lowest BCUT2D eigenvalue weighted by atomic mass is 10.2. The number of hydrogen-bond acceptors (Lipinski definition) is 5. The Balaban J connectivity index is 2.28. The number of carbonyl (C=O) groups excluding carboxylic acids is 2. The average Bonchev–Trinajstić information content (AvgIpc) is 2.58. The van der Waals surface area contributed by atoms with E-state index in [2.05, 4.69) is 15.9 Å². The molecule has 0 fully saturated rings. The van der Waals surface area contributed by atoms with Gasteiger partial charge in [0.15, 0.2) is 0 Å². The highest BCUT2D eigenvalue weighted by atomic mass is 79.9. The lowest BCUT2D eigenvalue weighted by Gasteiger charge is -2.19. The zero-order valence-corrected chi connectivity index (χ0v) is 15.3. The van der Waals surface area contributed by atoms with E-state index < -0.39 is 40.1 Å². The molecule has 9 nitrogen and oxygen atoms in total. The van der Waals surface area contributed by atoms with Crippen LogP contribution in [-0.4, -0.2) is 33.3 Å². The number of primary amides is 1. The van der Waals surface area contributed by atoms with Crippen molar-refractivity contribution in [1.82, 2.24) is 9.47 Å². The van der Waals surface area contributed by atoms with Crippen LogP contribution >= 0.6 is 15.9 Å². The van der Waals surface area contributed by atoms with Gasteiger partial charge in [-0.25, -0.2) is 0 Å². The molecule has 1 aromatic carbocycles. The summed E-state index contributed by atoms with van der Waals surface area (Å²) in [6.07, 6.45) is 0.916. The SMILES string of the molecule is CN(Cc1ccccc1Br)C(=O)Cn1cc([N+](=O)[O-])cc(C(N)=O)c1=O. The molecule has 10 heteroatoms. The van der Waals surface area contributed by atoms with E-state index in [0.717, 1.165) is 26.9 Å². The molecule has 26 heavy (non-hydrogen) atoms. The molecule has 0 aliphatic carbocycles. The average molecular weight is 423 g/mol. The molecule has 0 unspecified atom stereocenters. The van der Waals surface area contributed by atoms with Crippen LogP contribution in [0, 0.1) is 10.1 Å². The minimum absolute atomic E-state index is 0.270. The van der Waals surface area contributed by atoms with Crippen LogP contribution in [-0.2, 0) is 17.9 Å². The van der Waals surface area contributed by atoms with Crippen molar-refractivity contribution in [1.29, 1.82) is 0 Å². The van der Waals surface area contributed by atoms with Crippen LogP contribution in [0.2, 0.25) is 0 Å². The third-order valence-corrected chi connectivity index (χ3v) is 4.42. The minimum Gasteiger partial charge on any atom is -0.365 e. The van der Waals surface area contributed by atoms with Gasteiger partial charge in [0.2, 0.25) is 5.91 Å². The van der Waals surface area contributed by atoms with E-state index in [1.165, 1.54) is 4.90 Å². The molecular formula is C16H15BrN4O5. The molecule has 0 radical (unpaired) electrons. The van der Waals surface area contributed by atoms with Crippen LogP contribution in [0.25, 0.3) is 0 Å². The number of nitrogens with two attached hydrogens (primary N) is 1. The quantitative estimate of drug-likeness (QED) is 0.553. The number of nitrogens with zero attached hydrogens (tertiary/aromatic N) is 3. The van der Waals surface area contributed by atoms with E-state index in [1.807, 2.05) is 24.3 Å². The zero-order valence-electron chi connectivity index (χ0n) is 13.7. The number of amides is 2. The largest absolute Gasteiger partial charge is 0.365 e. The van der Waals surface area contributed by atoms with Crippen LogP contribution in [0.3, 0.4) is 0 Å². The van der Waals surface area contributed by atoms with Gasteiger partial charge in [-0.05, 0) is 11.6 Å². The summed E-state index contributed by atoms with van der Waals surface area (Å²) in [5.74, 6) is -1.56. The lowest BCUT2D eigenvalue weighted by Crippen LogP contribution is -2.36. The summed E-state index contributed by atoms with van der Waals surface area (Å²) in [6, 6.07) is 8.12.